The zero-order valence-electron chi connectivity index (χ0n) is 5.11. The summed E-state index contributed by atoms with van der Waals surface area (Å²) in [6, 6.07) is 2.93. The second-order valence-corrected chi connectivity index (χ2v) is 2.21. The van der Waals surface area contributed by atoms with Crippen molar-refractivity contribution in [2.75, 3.05) is 0 Å². The van der Waals surface area contributed by atoms with Crippen LogP contribution in [0.3, 0.4) is 0 Å². The van der Waals surface area contributed by atoms with E-state index in [2.05, 4.69) is 4.98 Å². The van der Waals surface area contributed by atoms with E-state index >= 15 is 0 Å². The van der Waals surface area contributed by atoms with Gasteiger partial charge in [0.05, 0.1) is 5.02 Å². The van der Waals surface area contributed by atoms with Gasteiger partial charge in [-0.15, -0.1) is 0 Å². The Morgan fingerprint density at radius 3 is 2.45 bits per heavy atom. The molecule has 0 unspecified atom stereocenters. The monoisotopic (exact) mass is 180 g/mol. The van der Waals surface area contributed by atoms with Crippen molar-refractivity contribution >= 4 is 11.6 Å². The molecule has 0 aliphatic rings. The van der Waals surface area contributed by atoms with Crippen molar-refractivity contribution in [3.8, 4) is 0 Å². The molecule has 1 heterocycles. The molecule has 1 aromatic rings. The second kappa shape index (κ2) is 2.70. The molecule has 0 saturated heterocycles. The lowest BCUT2D eigenvalue weighted by Crippen LogP contribution is -2.07. The van der Waals surface area contributed by atoms with Gasteiger partial charge in [-0.1, -0.05) is 11.6 Å². The Morgan fingerprint density at radius 1 is 1.45 bits per heavy atom. The molecule has 0 amide bonds. The minimum absolute atomic E-state index is 0.137. The summed E-state index contributed by atoms with van der Waals surface area (Å²) in [6.07, 6.45) is -3.51. The molecular formula is C6H2ClF3N. The van der Waals surface area contributed by atoms with Gasteiger partial charge in [0.25, 0.3) is 0 Å². The predicted octanol–water partition coefficient (Wildman–Crippen LogP) is 2.55. The van der Waals surface area contributed by atoms with Crippen LogP contribution in [0.4, 0.5) is 13.2 Å². The highest BCUT2D eigenvalue weighted by atomic mass is 35.5. The molecule has 0 atom stereocenters. The normalized spacial score (nSPS) is 11.6. The van der Waals surface area contributed by atoms with Gasteiger partial charge < -0.3 is 0 Å². The van der Waals surface area contributed by atoms with Gasteiger partial charge in [-0.3, -0.25) is 0 Å². The molecule has 5 heteroatoms. The first kappa shape index (κ1) is 8.33. The van der Waals surface area contributed by atoms with Gasteiger partial charge in [-0.05, 0) is 6.07 Å². The Labute approximate surface area is 65.8 Å². The number of nitrogens with zero attached hydrogens (tertiary/aromatic N) is 1. The van der Waals surface area contributed by atoms with Crippen LogP contribution in [0.25, 0.3) is 0 Å². The summed E-state index contributed by atoms with van der Waals surface area (Å²) >= 11 is 5.30. The van der Waals surface area contributed by atoms with Gasteiger partial charge in [0.2, 0.25) is 0 Å². The fourth-order valence-corrected chi connectivity index (χ4v) is 0.596. The third-order valence-corrected chi connectivity index (χ3v) is 1.14. The molecule has 0 aromatic carbocycles. The van der Waals surface area contributed by atoms with Crippen LogP contribution in [0.1, 0.15) is 5.69 Å². The van der Waals surface area contributed by atoms with Crippen molar-refractivity contribution in [1.29, 1.82) is 0 Å². The summed E-state index contributed by atoms with van der Waals surface area (Å²) in [5.41, 5.74) is -1.05. The largest absolute Gasteiger partial charge is 0.433 e. The van der Waals surface area contributed by atoms with E-state index in [-0.39, 0.29) is 5.02 Å². The molecular weight excluding hydrogens is 179 g/mol. The van der Waals surface area contributed by atoms with E-state index in [9.17, 15) is 13.2 Å². The highest BCUT2D eigenvalue weighted by Crippen LogP contribution is 2.27. The van der Waals surface area contributed by atoms with Crippen LogP contribution in [-0.4, -0.2) is 4.98 Å². The molecule has 1 aromatic heterocycles. The Morgan fingerprint density at radius 2 is 2.09 bits per heavy atom. The molecule has 0 fully saturated rings. The SMILES string of the molecule is FC(F)(F)c1[c]cc(Cl)cn1. The lowest BCUT2D eigenvalue weighted by Gasteiger charge is -2.02. The summed E-state index contributed by atoms with van der Waals surface area (Å²) in [4.78, 5) is 3.04. The Hall–Kier alpha value is -0.770. The molecule has 0 N–H and O–H groups in total. The molecule has 1 nitrogen and oxygen atoms in total. The van der Waals surface area contributed by atoms with E-state index in [0.717, 1.165) is 12.3 Å². The number of pyridine rings is 1. The van der Waals surface area contributed by atoms with Crippen LogP contribution in [0, 0.1) is 6.07 Å². The fourth-order valence-electron chi connectivity index (χ4n) is 0.493. The minimum atomic E-state index is -4.44. The number of hydrogen-bond acceptors (Lipinski definition) is 1. The standard InChI is InChI=1S/C6H2ClF3N/c7-4-1-2-5(11-3-4)6(8,9)10/h1,3H. The van der Waals surface area contributed by atoms with Crippen LogP contribution in [0.2, 0.25) is 5.02 Å². The number of alkyl halides is 3. The van der Waals surface area contributed by atoms with E-state index in [4.69, 9.17) is 11.6 Å². The van der Waals surface area contributed by atoms with Crippen molar-refractivity contribution in [3.63, 3.8) is 0 Å². The van der Waals surface area contributed by atoms with E-state index in [1.165, 1.54) is 0 Å². The summed E-state index contributed by atoms with van der Waals surface area (Å²) in [6.45, 7) is 0. The summed E-state index contributed by atoms with van der Waals surface area (Å²) in [5, 5.41) is 0.137. The van der Waals surface area contributed by atoms with Crippen LogP contribution >= 0.6 is 11.6 Å². The number of rotatable bonds is 0. The van der Waals surface area contributed by atoms with Crippen LogP contribution < -0.4 is 0 Å². The van der Waals surface area contributed by atoms with E-state index in [1.54, 1.807) is 0 Å². The minimum Gasteiger partial charge on any atom is -0.250 e. The Bertz CT molecular complexity index is 241. The molecule has 0 aliphatic carbocycles. The maximum atomic E-state index is 11.8. The first-order valence-electron chi connectivity index (χ1n) is 2.60. The Kier molecular flexibility index (Phi) is 2.04. The highest BCUT2D eigenvalue weighted by Gasteiger charge is 2.32. The second-order valence-electron chi connectivity index (χ2n) is 1.78. The quantitative estimate of drug-likeness (QED) is 0.598. The van der Waals surface area contributed by atoms with Crippen LogP contribution in [0.15, 0.2) is 12.3 Å². The van der Waals surface area contributed by atoms with E-state index in [0.29, 0.717) is 0 Å². The summed E-state index contributed by atoms with van der Waals surface area (Å²) in [7, 11) is 0. The first-order chi connectivity index (χ1) is 5.00. The maximum Gasteiger partial charge on any atom is 0.433 e. The molecule has 0 spiro atoms. The van der Waals surface area contributed by atoms with Crippen molar-refractivity contribution in [1.82, 2.24) is 4.98 Å². The lowest BCUT2D eigenvalue weighted by molar-refractivity contribution is -0.141. The molecule has 0 aliphatic heterocycles. The van der Waals surface area contributed by atoms with Gasteiger partial charge in [0, 0.05) is 12.3 Å². The zero-order valence-corrected chi connectivity index (χ0v) is 5.87. The average molecular weight is 181 g/mol. The van der Waals surface area contributed by atoms with E-state index < -0.39 is 11.9 Å². The van der Waals surface area contributed by atoms with Gasteiger partial charge >= 0.3 is 6.18 Å². The van der Waals surface area contributed by atoms with Gasteiger partial charge in [0.1, 0.15) is 0 Å². The van der Waals surface area contributed by atoms with Gasteiger partial charge in [-0.2, -0.15) is 13.2 Å². The zero-order chi connectivity index (χ0) is 8.48. The topological polar surface area (TPSA) is 12.9 Å². The number of hydrogen-bond donors (Lipinski definition) is 0. The van der Waals surface area contributed by atoms with Crippen molar-refractivity contribution < 1.29 is 13.2 Å². The van der Waals surface area contributed by atoms with Crippen molar-refractivity contribution in [3.05, 3.63) is 29.0 Å². The number of halogens is 4. The molecule has 0 bridgehead atoms. The van der Waals surface area contributed by atoms with Gasteiger partial charge in [0.15, 0.2) is 5.69 Å². The molecule has 0 saturated carbocycles. The molecule has 1 rings (SSSR count). The van der Waals surface area contributed by atoms with Crippen molar-refractivity contribution in [2.45, 2.75) is 6.18 Å². The predicted molar refractivity (Wildman–Crippen MR) is 33.1 cm³/mol. The van der Waals surface area contributed by atoms with Crippen LogP contribution in [0.5, 0.6) is 0 Å². The average Bonchev–Trinajstić information content (AvgIpc) is 1.86. The number of aromatic nitrogens is 1. The fraction of sp³-hybridized carbons (Fsp3) is 0.167. The van der Waals surface area contributed by atoms with E-state index in [1.807, 2.05) is 6.07 Å². The molecule has 11 heavy (non-hydrogen) atoms. The molecule has 59 valence electrons. The summed E-state index contributed by atoms with van der Waals surface area (Å²) in [5.74, 6) is 0. The summed E-state index contributed by atoms with van der Waals surface area (Å²) < 4.78 is 35.3. The van der Waals surface area contributed by atoms with Crippen molar-refractivity contribution in [2.24, 2.45) is 0 Å². The Balaban J connectivity index is 2.99. The third-order valence-electron chi connectivity index (χ3n) is 0.932. The third kappa shape index (κ3) is 2.08. The van der Waals surface area contributed by atoms with Gasteiger partial charge in [-0.25, -0.2) is 4.98 Å². The maximum absolute atomic E-state index is 11.8. The first-order valence-corrected chi connectivity index (χ1v) is 2.98. The molecule has 1 radical (unpaired) electrons. The highest BCUT2D eigenvalue weighted by molar-refractivity contribution is 6.30. The smallest absolute Gasteiger partial charge is 0.250 e. The lowest BCUT2D eigenvalue weighted by atomic mass is 10.3. The van der Waals surface area contributed by atoms with Crippen LogP contribution in [-0.2, 0) is 6.18 Å².